The summed E-state index contributed by atoms with van der Waals surface area (Å²) in [5.41, 5.74) is 0. The van der Waals surface area contributed by atoms with Crippen LogP contribution in [0.1, 0.15) is 0 Å². The van der Waals surface area contributed by atoms with Gasteiger partial charge in [0.25, 0.3) is 0 Å². The molecule has 0 saturated heterocycles. The van der Waals surface area contributed by atoms with Crippen LogP contribution in [0, 0.1) is 0 Å². The molecule has 8 nitrogen and oxygen atoms in total. The highest BCUT2D eigenvalue weighted by Crippen LogP contribution is 2.01. The highest BCUT2D eigenvalue weighted by molar-refractivity contribution is 6.69. The highest BCUT2D eigenvalue weighted by atomic mass is 28.4. The molecule has 9 heteroatoms. The molecule has 0 spiro atoms. The van der Waals surface area contributed by atoms with Crippen LogP contribution in [0.15, 0.2) is 0 Å². The second kappa shape index (κ2) is 20.6. The van der Waals surface area contributed by atoms with Crippen LogP contribution in [0.4, 0.5) is 0 Å². The van der Waals surface area contributed by atoms with Crippen molar-refractivity contribution in [2.75, 3.05) is 99.5 Å². The van der Waals surface area contributed by atoms with E-state index in [1.165, 1.54) is 0 Å². The van der Waals surface area contributed by atoms with Gasteiger partial charge in [-0.3, -0.25) is 0 Å². The highest BCUT2D eigenvalue weighted by Gasteiger charge is 2.12. The molecule has 0 bridgehead atoms. The van der Waals surface area contributed by atoms with E-state index < -0.39 is 8.32 Å². The lowest BCUT2D eigenvalue weighted by molar-refractivity contribution is -0.0177. The van der Waals surface area contributed by atoms with Gasteiger partial charge in [-0.15, -0.1) is 0 Å². The summed E-state index contributed by atoms with van der Waals surface area (Å²) in [6.45, 7) is 15.1. The van der Waals surface area contributed by atoms with Gasteiger partial charge < -0.3 is 38.2 Å². The SMILES string of the molecule is CNCCOCCOCCOCCOCCOCCOCCO[Si](C)(C)C. The van der Waals surface area contributed by atoms with E-state index in [1.807, 2.05) is 7.05 Å². The van der Waals surface area contributed by atoms with Crippen molar-refractivity contribution in [3.05, 3.63) is 0 Å². The molecule has 0 rings (SSSR count). The van der Waals surface area contributed by atoms with E-state index in [9.17, 15) is 0 Å². The van der Waals surface area contributed by atoms with Crippen LogP contribution >= 0.6 is 0 Å². The van der Waals surface area contributed by atoms with Crippen LogP contribution < -0.4 is 5.32 Å². The van der Waals surface area contributed by atoms with Gasteiger partial charge in [-0.1, -0.05) is 0 Å². The summed E-state index contributed by atoms with van der Waals surface area (Å²) in [6.07, 6.45) is 0. The zero-order chi connectivity index (χ0) is 20.1. The van der Waals surface area contributed by atoms with E-state index in [0.717, 1.165) is 6.54 Å². The Hall–Kier alpha value is -0.103. The molecule has 0 atom stereocenters. The zero-order valence-electron chi connectivity index (χ0n) is 17.8. The van der Waals surface area contributed by atoms with E-state index in [0.29, 0.717) is 85.9 Å². The minimum atomic E-state index is -1.42. The molecule has 0 aliphatic carbocycles. The number of likely N-dealkylation sites (N-methyl/N-ethyl adjacent to an activating group) is 1. The minimum absolute atomic E-state index is 0.557. The van der Waals surface area contributed by atoms with Crippen molar-refractivity contribution in [2.24, 2.45) is 0 Å². The summed E-state index contributed by atoms with van der Waals surface area (Å²) in [4.78, 5) is 0. The van der Waals surface area contributed by atoms with Crippen LogP contribution in [-0.2, 0) is 32.8 Å². The summed E-state index contributed by atoms with van der Waals surface area (Å²) in [5.74, 6) is 0. The Morgan fingerprint density at radius 2 is 0.778 bits per heavy atom. The number of rotatable bonds is 22. The first-order valence-electron chi connectivity index (χ1n) is 9.81. The molecule has 0 unspecified atom stereocenters. The van der Waals surface area contributed by atoms with E-state index in [1.54, 1.807) is 0 Å². The average Bonchev–Trinajstić information content (AvgIpc) is 2.62. The summed E-state index contributed by atoms with van der Waals surface area (Å²) in [7, 11) is 0.476. The van der Waals surface area contributed by atoms with E-state index in [-0.39, 0.29) is 0 Å². The first-order valence-corrected chi connectivity index (χ1v) is 13.2. The van der Waals surface area contributed by atoms with Gasteiger partial charge in [-0.05, 0) is 26.7 Å². The maximum Gasteiger partial charge on any atom is 0.183 e. The fraction of sp³-hybridized carbons (Fsp3) is 1.00. The molecule has 1 N–H and O–H groups in total. The van der Waals surface area contributed by atoms with Crippen molar-refractivity contribution in [3.63, 3.8) is 0 Å². The fourth-order valence-corrected chi connectivity index (χ4v) is 2.48. The van der Waals surface area contributed by atoms with Gasteiger partial charge in [0, 0.05) is 6.54 Å². The molecule has 0 aromatic rings. The average molecular weight is 412 g/mol. The van der Waals surface area contributed by atoms with Crippen LogP contribution in [-0.4, -0.2) is 108 Å². The quantitative estimate of drug-likeness (QED) is 0.210. The molecular formula is C18H41NO7Si. The zero-order valence-corrected chi connectivity index (χ0v) is 18.8. The first-order chi connectivity index (χ1) is 13.1. The molecule has 0 aliphatic rings. The van der Waals surface area contributed by atoms with E-state index in [4.69, 9.17) is 32.8 Å². The van der Waals surface area contributed by atoms with Crippen molar-refractivity contribution in [1.82, 2.24) is 5.32 Å². The monoisotopic (exact) mass is 411 g/mol. The van der Waals surface area contributed by atoms with Gasteiger partial charge in [0.15, 0.2) is 8.32 Å². The first kappa shape index (κ1) is 26.9. The van der Waals surface area contributed by atoms with Crippen LogP contribution in [0.3, 0.4) is 0 Å². The molecule has 0 heterocycles. The van der Waals surface area contributed by atoms with Gasteiger partial charge in [-0.2, -0.15) is 0 Å². The standard InChI is InChI=1S/C18H41NO7Si/c1-19-5-6-20-7-8-21-9-10-22-11-12-23-13-14-24-15-16-25-17-18-26-27(2,3)4/h19H,5-18H2,1-4H3. The Balaban J connectivity index is 3.01. The maximum atomic E-state index is 5.69. The van der Waals surface area contributed by atoms with Crippen molar-refractivity contribution >= 4 is 8.32 Å². The third-order valence-corrected chi connectivity index (χ3v) is 4.19. The number of nitrogens with one attached hydrogen (secondary N) is 1. The van der Waals surface area contributed by atoms with Gasteiger partial charge in [0.1, 0.15) is 0 Å². The van der Waals surface area contributed by atoms with Crippen molar-refractivity contribution in [3.8, 4) is 0 Å². The topological polar surface area (TPSA) is 76.6 Å². The molecule has 0 aliphatic heterocycles. The summed E-state index contributed by atoms with van der Waals surface area (Å²) in [5, 5.41) is 3.02. The minimum Gasteiger partial charge on any atom is -0.415 e. The summed E-state index contributed by atoms with van der Waals surface area (Å²) >= 11 is 0. The van der Waals surface area contributed by atoms with Gasteiger partial charge >= 0.3 is 0 Å². The summed E-state index contributed by atoms with van der Waals surface area (Å²) < 4.78 is 38.1. The molecule has 0 radical (unpaired) electrons. The van der Waals surface area contributed by atoms with Crippen LogP contribution in [0.5, 0.6) is 0 Å². The summed E-state index contributed by atoms with van der Waals surface area (Å²) in [6, 6.07) is 0. The van der Waals surface area contributed by atoms with Crippen LogP contribution in [0.2, 0.25) is 19.6 Å². The van der Waals surface area contributed by atoms with Gasteiger partial charge in [0.05, 0.1) is 85.9 Å². The molecule has 0 saturated carbocycles. The number of hydrogen-bond acceptors (Lipinski definition) is 8. The Morgan fingerprint density at radius 3 is 1.07 bits per heavy atom. The van der Waals surface area contributed by atoms with Gasteiger partial charge in [-0.25, -0.2) is 0 Å². The Kier molecular flexibility index (Phi) is 20.5. The lowest BCUT2D eigenvalue weighted by atomic mass is 10.6. The third-order valence-electron chi connectivity index (χ3n) is 3.12. The molecule has 0 aromatic heterocycles. The molecule has 0 aromatic carbocycles. The molecule has 0 fully saturated rings. The number of hydrogen-bond donors (Lipinski definition) is 1. The maximum absolute atomic E-state index is 5.69. The fourth-order valence-electron chi connectivity index (χ4n) is 1.78. The molecule has 0 amide bonds. The molecule has 27 heavy (non-hydrogen) atoms. The van der Waals surface area contributed by atoms with E-state index >= 15 is 0 Å². The largest absolute Gasteiger partial charge is 0.415 e. The molecular weight excluding hydrogens is 370 g/mol. The van der Waals surface area contributed by atoms with Crippen LogP contribution in [0.25, 0.3) is 0 Å². The predicted molar refractivity (Wildman–Crippen MR) is 108 cm³/mol. The number of ether oxygens (including phenoxy) is 6. The smallest absolute Gasteiger partial charge is 0.183 e. The molecule has 164 valence electrons. The van der Waals surface area contributed by atoms with Crippen molar-refractivity contribution in [1.29, 1.82) is 0 Å². The Bertz CT molecular complexity index is 293. The van der Waals surface area contributed by atoms with Crippen molar-refractivity contribution < 1.29 is 32.8 Å². The lowest BCUT2D eigenvalue weighted by Crippen LogP contribution is -2.27. The Labute approximate surface area is 166 Å². The van der Waals surface area contributed by atoms with Gasteiger partial charge in [0.2, 0.25) is 0 Å². The lowest BCUT2D eigenvalue weighted by Gasteiger charge is -2.16. The Morgan fingerprint density at radius 1 is 0.481 bits per heavy atom. The normalized spacial score (nSPS) is 12.0. The second-order valence-electron chi connectivity index (χ2n) is 6.74. The third kappa shape index (κ3) is 25.9. The predicted octanol–water partition coefficient (Wildman–Crippen LogP) is 1.16. The van der Waals surface area contributed by atoms with Crippen molar-refractivity contribution in [2.45, 2.75) is 19.6 Å². The second-order valence-corrected chi connectivity index (χ2v) is 11.3. The van der Waals surface area contributed by atoms with E-state index in [2.05, 4.69) is 25.0 Å².